The number of nitrogen functional groups attached to an aromatic ring is 1. The summed E-state index contributed by atoms with van der Waals surface area (Å²) in [5, 5.41) is 2.64. The Hall–Kier alpha value is -3.35. The molecule has 3 aromatic rings. The van der Waals surface area contributed by atoms with Crippen LogP contribution in [0, 0.1) is 6.92 Å². The summed E-state index contributed by atoms with van der Waals surface area (Å²) in [7, 11) is 0. The molecule has 1 heterocycles. The van der Waals surface area contributed by atoms with E-state index in [9.17, 15) is 14.4 Å². The molecule has 0 saturated carbocycles. The first-order chi connectivity index (χ1) is 11.0. The minimum Gasteiger partial charge on any atom is -0.336 e. The van der Waals surface area contributed by atoms with Crippen molar-refractivity contribution in [3.05, 3.63) is 74.8 Å². The predicted molar refractivity (Wildman–Crippen MR) is 88.2 cm³/mol. The average Bonchev–Trinajstić information content (AvgIpc) is 2.55. The maximum absolute atomic E-state index is 12.5. The number of nitrogens with one attached hydrogen (secondary N) is 1. The Balaban J connectivity index is 2.20. The van der Waals surface area contributed by atoms with Gasteiger partial charge in [-0.1, -0.05) is 30.3 Å². The first-order valence-corrected chi connectivity index (χ1v) is 6.89. The van der Waals surface area contributed by atoms with Gasteiger partial charge < -0.3 is 11.2 Å². The largest absolute Gasteiger partial charge is 0.336 e. The number of aromatic nitrogens is 2. The molecule has 0 unspecified atom stereocenters. The van der Waals surface area contributed by atoms with Crippen molar-refractivity contribution in [2.45, 2.75) is 6.92 Å². The van der Waals surface area contributed by atoms with Crippen molar-refractivity contribution in [1.82, 2.24) is 9.24 Å². The zero-order chi connectivity index (χ0) is 16.6. The van der Waals surface area contributed by atoms with Crippen LogP contribution in [-0.4, -0.2) is 15.3 Å². The van der Waals surface area contributed by atoms with Crippen LogP contribution in [0.15, 0.2) is 58.1 Å². The highest BCUT2D eigenvalue weighted by molar-refractivity contribution is 5.97. The van der Waals surface area contributed by atoms with Gasteiger partial charge in [0.05, 0.1) is 11.0 Å². The van der Waals surface area contributed by atoms with E-state index in [4.69, 9.17) is 5.84 Å². The van der Waals surface area contributed by atoms with Crippen LogP contribution in [0.1, 0.15) is 5.56 Å². The summed E-state index contributed by atoms with van der Waals surface area (Å²) in [4.78, 5) is 36.7. The van der Waals surface area contributed by atoms with Crippen LogP contribution in [0.5, 0.6) is 0 Å². The number of nitrogens with zero attached hydrogens (tertiary/aromatic N) is 2. The van der Waals surface area contributed by atoms with Crippen molar-refractivity contribution in [3.8, 4) is 0 Å². The summed E-state index contributed by atoms with van der Waals surface area (Å²) in [6, 6.07) is 12.9. The van der Waals surface area contributed by atoms with Gasteiger partial charge in [0.2, 0.25) is 0 Å². The Morgan fingerprint density at radius 3 is 2.26 bits per heavy atom. The molecule has 0 atom stereocenters. The molecule has 1 amide bonds. The number of hydrogen-bond acceptors (Lipinski definition) is 4. The molecule has 0 aliphatic rings. The van der Waals surface area contributed by atoms with Gasteiger partial charge in [-0.3, -0.25) is 9.59 Å². The number of carbonyl (C=O) groups excluding carboxylic acids is 1. The third kappa shape index (κ3) is 2.38. The molecule has 7 heteroatoms. The molecule has 1 aromatic heterocycles. The van der Waals surface area contributed by atoms with Gasteiger partial charge in [-0.2, -0.15) is 0 Å². The normalized spacial score (nSPS) is 10.7. The molecule has 23 heavy (non-hydrogen) atoms. The van der Waals surface area contributed by atoms with E-state index >= 15 is 0 Å². The fourth-order valence-electron chi connectivity index (χ4n) is 2.36. The van der Waals surface area contributed by atoms with Crippen LogP contribution in [-0.2, 0) is 0 Å². The minimum absolute atomic E-state index is 0.255. The van der Waals surface area contributed by atoms with Crippen LogP contribution in [0.3, 0.4) is 0 Å². The fraction of sp³-hybridized carbons (Fsp3) is 0.0625. The molecule has 7 nitrogen and oxygen atoms in total. The fourth-order valence-corrected chi connectivity index (χ4v) is 2.36. The Kier molecular flexibility index (Phi) is 3.46. The summed E-state index contributed by atoms with van der Waals surface area (Å²) < 4.78 is 1.54. The van der Waals surface area contributed by atoms with Crippen LogP contribution in [0.4, 0.5) is 10.5 Å². The number of aryl methyl sites for hydroxylation is 1. The number of amides is 1. The van der Waals surface area contributed by atoms with Crippen molar-refractivity contribution < 1.29 is 4.79 Å². The van der Waals surface area contributed by atoms with Crippen LogP contribution in [0.2, 0.25) is 0 Å². The van der Waals surface area contributed by atoms with Crippen molar-refractivity contribution in [3.63, 3.8) is 0 Å². The summed E-state index contributed by atoms with van der Waals surface area (Å²) >= 11 is 0. The van der Waals surface area contributed by atoms with Crippen molar-refractivity contribution in [2.24, 2.45) is 0 Å². The molecule has 2 aromatic carbocycles. The molecule has 0 fully saturated rings. The highest BCUT2D eigenvalue weighted by atomic mass is 16.2. The van der Waals surface area contributed by atoms with E-state index in [1.807, 2.05) is 19.1 Å². The van der Waals surface area contributed by atoms with E-state index in [1.54, 1.807) is 36.4 Å². The lowest BCUT2D eigenvalue weighted by Gasteiger charge is -2.13. The van der Waals surface area contributed by atoms with Gasteiger partial charge in [0.15, 0.2) is 0 Å². The van der Waals surface area contributed by atoms with Crippen molar-refractivity contribution >= 4 is 22.8 Å². The van der Waals surface area contributed by atoms with Crippen molar-refractivity contribution in [2.75, 3.05) is 11.2 Å². The number of fused-ring (bicyclic) bond motifs is 1. The third-order valence-electron chi connectivity index (χ3n) is 3.58. The van der Waals surface area contributed by atoms with Gasteiger partial charge in [-0.05, 0) is 30.7 Å². The number of carbonyl (C=O) groups is 1. The SMILES string of the molecule is Cc1ccccc1NC(=O)n1c(=O)c(=O)n(N)c2ccccc21. The van der Waals surface area contributed by atoms with Gasteiger partial charge in [-0.25, -0.2) is 14.0 Å². The molecule has 3 rings (SSSR count). The summed E-state index contributed by atoms with van der Waals surface area (Å²) in [5.41, 5.74) is -0.0283. The van der Waals surface area contributed by atoms with Gasteiger partial charge in [-0.15, -0.1) is 0 Å². The zero-order valence-electron chi connectivity index (χ0n) is 12.3. The first kappa shape index (κ1) is 14.6. The van der Waals surface area contributed by atoms with Crippen molar-refractivity contribution in [1.29, 1.82) is 0 Å². The van der Waals surface area contributed by atoms with E-state index in [0.29, 0.717) is 5.69 Å². The number of hydrogen-bond donors (Lipinski definition) is 2. The minimum atomic E-state index is -1.00. The Labute approximate surface area is 130 Å². The van der Waals surface area contributed by atoms with Crippen LogP contribution < -0.4 is 22.3 Å². The average molecular weight is 310 g/mol. The lowest BCUT2D eigenvalue weighted by molar-refractivity contribution is 0.253. The Morgan fingerprint density at radius 2 is 1.57 bits per heavy atom. The van der Waals surface area contributed by atoms with E-state index in [2.05, 4.69) is 5.32 Å². The topological polar surface area (TPSA) is 99.1 Å². The summed E-state index contributed by atoms with van der Waals surface area (Å²) in [6.07, 6.45) is 0. The molecule has 116 valence electrons. The molecule has 0 radical (unpaired) electrons. The van der Waals surface area contributed by atoms with Gasteiger partial charge in [0.1, 0.15) is 0 Å². The molecule has 3 N–H and O–H groups in total. The Bertz CT molecular complexity index is 1030. The number of para-hydroxylation sites is 3. The zero-order valence-corrected chi connectivity index (χ0v) is 12.3. The summed E-state index contributed by atoms with van der Waals surface area (Å²) in [6.45, 7) is 1.83. The highest BCUT2D eigenvalue weighted by Crippen LogP contribution is 2.14. The standard InChI is InChI=1S/C16H14N4O3/c1-10-6-2-3-7-11(10)18-16(23)19-12-8-4-5-9-13(12)20(17)15(22)14(19)21/h2-9H,17H2,1H3,(H,18,23). The first-order valence-electron chi connectivity index (χ1n) is 6.89. The smallest absolute Gasteiger partial charge is 0.335 e. The molecule has 0 spiro atoms. The molecule has 0 aliphatic carbocycles. The second kappa shape index (κ2) is 5.45. The van der Waals surface area contributed by atoms with Crippen LogP contribution in [0.25, 0.3) is 11.0 Å². The monoisotopic (exact) mass is 310 g/mol. The number of rotatable bonds is 1. The number of nitrogens with two attached hydrogens (primary N) is 1. The molecule has 0 aliphatic heterocycles. The predicted octanol–water partition coefficient (Wildman–Crippen LogP) is 1.27. The second-order valence-corrected chi connectivity index (χ2v) is 5.05. The summed E-state index contributed by atoms with van der Waals surface area (Å²) in [5.74, 6) is 5.62. The van der Waals surface area contributed by atoms with Crippen LogP contribution >= 0.6 is 0 Å². The lowest BCUT2D eigenvalue weighted by Crippen LogP contribution is -2.47. The molecule has 0 saturated heterocycles. The van der Waals surface area contributed by atoms with E-state index in [1.165, 1.54) is 0 Å². The number of benzene rings is 2. The van der Waals surface area contributed by atoms with E-state index in [-0.39, 0.29) is 11.0 Å². The third-order valence-corrected chi connectivity index (χ3v) is 3.58. The lowest BCUT2D eigenvalue weighted by atomic mass is 10.2. The van der Waals surface area contributed by atoms with Gasteiger partial charge in [0, 0.05) is 5.69 Å². The molecule has 0 bridgehead atoms. The Morgan fingerprint density at radius 1 is 0.957 bits per heavy atom. The van der Waals surface area contributed by atoms with E-state index < -0.39 is 17.1 Å². The maximum atomic E-state index is 12.5. The maximum Gasteiger partial charge on any atom is 0.335 e. The van der Waals surface area contributed by atoms with E-state index in [0.717, 1.165) is 14.8 Å². The molecular formula is C16H14N4O3. The quantitative estimate of drug-likeness (QED) is 0.522. The van der Waals surface area contributed by atoms with Gasteiger partial charge in [0.25, 0.3) is 0 Å². The number of anilines is 1. The second-order valence-electron chi connectivity index (χ2n) is 5.05. The molecular weight excluding hydrogens is 296 g/mol. The van der Waals surface area contributed by atoms with Gasteiger partial charge >= 0.3 is 17.1 Å². The highest BCUT2D eigenvalue weighted by Gasteiger charge is 2.17.